The van der Waals surface area contributed by atoms with E-state index in [2.05, 4.69) is 35.2 Å². The highest BCUT2D eigenvalue weighted by molar-refractivity contribution is 7.98. The number of nitrogens with zero attached hydrogens (tertiary/aromatic N) is 2. The second-order valence-corrected chi connectivity index (χ2v) is 7.20. The summed E-state index contributed by atoms with van der Waals surface area (Å²) < 4.78 is 5.18. The molecule has 0 bridgehead atoms. The van der Waals surface area contributed by atoms with Crippen LogP contribution in [0.3, 0.4) is 0 Å². The molecule has 26 heavy (non-hydrogen) atoms. The van der Waals surface area contributed by atoms with Crippen LogP contribution < -0.4 is 10.1 Å². The fourth-order valence-electron chi connectivity index (χ4n) is 2.42. The molecule has 0 radical (unpaired) electrons. The molecule has 0 unspecified atom stereocenters. The predicted molar refractivity (Wildman–Crippen MR) is 109 cm³/mol. The number of methoxy groups -OCH3 is 1. The zero-order chi connectivity index (χ0) is 18.5. The number of aryl methyl sites for hydroxylation is 1. The molecular weight excluding hydrogens is 366 g/mol. The molecule has 1 aromatic heterocycles. The lowest BCUT2D eigenvalue weighted by molar-refractivity contribution is 0.414. The molecule has 0 fully saturated rings. The van der Waals surface area contributed by atoms with E-state index in [1.165, 1.54) is 16.7 Å². The van der Waals surface area contributed by atoms with Crippen LogP contribution in [0.4, 0.5) is 11.5 Å². The maximum Gasteiger partial charge on any atom is 0.191 e. The van der Waals surface area contributed by atoms with Crippen LogP contribution in [0, 0.1) is 13.8 Å². The topological polar surface area (TPSA) is 47.0 Å². The van der Waals surface area contributed by atoms with Gasteiger partial charge in [0.1, 0.15) is 16.7 Å². The molecule has 1 heterocycles. The van der Waals surface area contributed by atoms with Gasteiger partial charge in [-0.2, -0.15) is 0 Å². The smallest absolute Gasteiger partial charge is 0.191 e. The average Bonchev–Trinajstić information content (AvgIpc) is 2.64. The summed E-state index contributed by atoms with van der Waals surface area (Å²) in [6.45, 7) is 4.17. The minimum absolute atomic E-state index is 0.421. The maximum atomic E-state index is 6.19. The molecule has 0 aliphatic heterocycles. The third-order valence-electron chi connectivity index (χ3n) is 4.07. The fourth-order valence-corrected chi connectivity index (χ4v) is 3.47. The van der Waals surface area contributed by atoms with Crippen LogP contribution >= 0.6 is 23.4 Å². The Morgan fingerprint density at radius 3 is 2.58 bits per heavy atom. The third kappa shape index (κ3) is 4.68. The van der Waals surface area contributed by atoms with Crippen molar-refractivity contribution >= 4 is 34.9 Å². The van der Waals surface area contributed by atoms with Gasteiger partial charge in [0.2, 0.25) is 0 Å². The number of benzene rings is 2. The highest BCUT2D eigenvalue weighted by Crippen LogP contribution is 2.27. The van der Waals surface area contributed by atoms with Gasteiger partial charge >= 0.3 is 0 Å². The highest BCUT2D eigenvalue weighted by Gasteiger charge is 2.07. The Kier molecular flexibility index (Phi) is 6.01. The molecule has 3 aromatic rings. The zero-order valence-electron chi connectivity index (χ0n) is 14.9. The number of anilines is 2. The second-order valence-electron chi connectivity index (χ2n) is 5.87. The van der Waals surface area contributed by atoms with Gasteiger partial charge in [-0.15, -0.1) is 0 Å². The van der Waals surface area contributed by atoms with Crippen LogP contribution in [0.15, 0.2) is 53.7 Å². The monoisotopic (exact) mass is 385 g/mol. The van der Waals surface area contributed by atoms with Crippen LogP contribution in [0.1, 0.15) is 16.7 Å². The number of ether oxygens (including phenoxy) is 1. The van der Waals surface area contributed by atoms with Gasteiger partial charge in [0.15, 0.2) is 5.16 Å². The molecular formula is C20H20ClN3OS. The van der Waals surface area contributed by atoms with Crippen molar-refractivity contribution in [3.8, 4) is 5.75 Å². The summed E-state index contributed by atoms with van der Waals surface area (Å²) in [4.78, 5) is 8.90. The van der Waals surface area contributed by atoms with Crippen molar-refractivity contribution in [2.45, 2.75) is 24.8 Å². The molecule has 1 N–H and O–H groups in total. The standard InChI is InChI=1S/C20H20ClN3OS/c1-13-5-4-6-17(14(13)2)22-19-11-18(21)23-20(24-19)26-12-15-7-9-16(25-3)10-8-15/h4-11H,12H2,1-3H3,(H,22,23,24). The lowest BCUT2D eigenvalue weighted by atomic mass is 10.1. The first-order valence-electron chi connectivity index (χ1n) is 8.18. The van der Waals surface area contributed by atoms with Crippen LogP contribution in [0.5, 0.6) is 5.75 Å². The van der Waals surface area contributed by atoms with Gasteiger partial charge in [-0.1, -0.05) is 47.6 Å². The predicted octanol–water partition coefficient (Wildman–Crippen LogP) is 5.79. The van der Waals surface area contributed by atoms with E-state index in [-0.39, 0.29) is 0 Å². The Morgan fingerprint density at radius 1 is 1.08 bits per heavy atom. The number of hydrogen-bond donors (Lipinski definition) is 1. The van der Waals surface area contributed by atoms with Crippen molar-refractivity contribution in [3.05, 3.63) is 70.4 Å². The summed E-state index contributed by atoms with van der Waals surface area (Å²) in [5.74, 6) is 2.29. The van der Waals surface area contributed by atoms with Crippen molar-refractivity contribution in [1.29, 1.82) is 0 Å². The number of rotatable bonds is 6. The number of nitrogens with one attached hydrogen (secondary N) is 1. The molecule has 0 spiro atoms. The molecule has 3 rings (SSSR count). The third-order valence-corrected chi connectivity index (χ3v) is 5.18. The Morgan fingerprint density at radius 2 is 1.85 bits per heavy atom. The van der Waals surface area contributed by atoms with Gasteiger partial charge in [-0.25, -0.2) is 9.97 Å². The molecule has 0 atom stereocenters. The van der Waals surface area contributed by atoms with Crippen LogP contribution in [0.2, 0.25) is 5.15 Å². The molecule has 0 saturated heterocycles. The first kappa shape index (κ1) is 18.5. The van der Waals surface area contributed by atoms with Crippen LogP contribution in [-0.2, 0) is 5.75 Å². The van der Waals surface area contributed by atoms with E-state index in [0.29, 0.717) is 16.1 Å². The van der Waals surface area contributed by atoms with E-state index in [1.807, 2.05) is 36.4 Å². The van der Waals surface area contributed by atoms with Gasteiger partial charge in [0, 0.05) is 17.5 Å². The van der Waals surface area contributed by atoms with Crippen LogP contribution in [-0.4, -0.2) is 17.1 Å². The van der Waals surface area contributed by atoms with Crippen molar-refractivity contribution in [2.75, 3.05) is 12.4 Å². The highest BCUT2D eigenvalue weighted by atomic mass is 35.5. The lowest BCUT2D eigenvalue weighted by Crippen LogP contribution is -1.99. The van der Waals surface area contributed by atoms with E-state index in [9.17, 15) is 0 Å². The van der Waals surface area contributed by atoms with Gasteiger partial charge < -0.3 is 10.1 Å². The minimum atomic E-state index is 0.421. The fraction of sp³-hybridized carbons (Fsp3) is 0.200. The zero-order valence-corrected chi connectivity index (χ0v) is 16.5. The molecule has 2 aromatic carbocycles. The summed E-state index contributed by atoms with van der Waals surface area (Å²) in [7, 11) is 1.66. The molecule has 6 heteroatoms. The first-order valence-corrected chi connectivity index (χ1v) is 9.55. The molecule has 4 nitrogen and oxygen atoms in total. The van der Waals surface area contributed by atoms with Crippen molar-refractivity contribution in [2.24, 2.45) is 0 Å². The van der Waals surface area contributed by atoms with Gasteiger partial charge in [0.25, 0.3) is 0 Å². The second kappa shape index (κ2) is 8.43. The quantitative estimate of drug-likeness (QED) is 0.330. The van der Waals surface area contributed by atoms with E-state index in [0.717, 1.165) is 17.2 Å². The largest absolute Gasteiger partial charge is 0.497 e. The summed E-state index contributed by atoms with van der Waals surface area (Å²) in [5, 5.41) is 4.40. The van der Waals surface area contributed by atoms with E-state index in [1.54, 1.807) is 24.9 Å². The number of aromatic nitrogens is 2. The van der Waals surface area contributed by atoms with Crippen molar-refractivity contribution < 1.29 is 4.74 Å². The van der Waals surface area contributed by atoms with Crippen LogP contribution in [0.25, 0.3) is 0 Å². The number of thioether (sulfide) groups is 1. The number of hydrogen-bond acceptors (Lipinski definition) is 5. The summed E-state index contributed by atoms with van der Waals surface area (Å²) >= 11 is 7.73. The van der Waals surface area contributed by atoms with Gasteiger partial charge in [0.05, 0.1) is 7.11 Å². The van der Waals surface area contributed by atoms with Crippen molar-refractivity contribution in [1.82, 2.24) is 9.97 Å². The van der Waals surface area contributed by atoms with E-state index >= 15 is 0 Å². The SMILES string of the molecule is COc1ccc(CSc2nc(Cl)cc(Nc3cccc(C)c3C)n2)cc1. The average molecular weight is 386 g/mol. The van der Waals surface area contributed by atoms with Crippen molar-refractivity contribution in [3.63, 3.8) is 0 Å². The summed E-state index contributed by atoms with van der Waals surface area (Å²) in [6, 6.07) is 15.8. The molecule has 134 valence electrons. The van der Waals surface area contributed by atoms with Gasteiger partial charge in [-0.05, 0) is 48.7 Å². The Balaban J connectivity index is 1.73. The Hall–Kier alpha value is -2.24. The normalized spacial score (nSPS) is 10.6. The Bertz CT molecular complexity index is 900. The molecule has 0 aliphatic carbocycles. The minimum Gasteiger partial charge on any atom is -0.497 e. The number of halogens is 1. The van der Waals surface area contributed by atoms with E-state index < -0.39 is 0 Å². The Labute approximate surface area is 163 Å². The maximum absolute atomic E-state index is 6.19. The first-order chi connectivity index (χ1) is 12.5. The van der Waals surface area contributed by atoms with E-state index in [4.69, 9.17) is 16.3 Å². The molecule has 0 amide bonds. The molecule has 0 aliphatic rings. The van der Waals surface area contributed by atoms with Gasteiger partial charge in [-0.3, -0.25) is 0 Å². The summed E-state index contributed by atoms with van der Waals surface area (Å²) in [5.41, 5.74) is 4.60. The lowest BCUT2D eigenvalue weighted by Gasteiger charge is -2.12. The molecule has 0 saturated carbocycles. The summed E-state index contributed by atoms with van der Waals surface area (Å²) in [6.07, 6.45) is 0.